The number of hydrogen-bond donors (Lipinski definition) is 1. The van der Waals surface area contributed by atoms with Crippen molar-refractivity contribution in [2.75, 3.05) is 5.32 Å². The van der Waals surface area contributed by atoms with E-state index in [1.54, 1.807) is 17.4 Å². The molecular weight excluding hydrogens is 287 g/mol. The fraction of sp³-hybridized carbons (Fsp3) is 0.308. The Balaban J connectivity index is 2.13. The van der Waals surface area contributed by atoms with Gasteiger partial charge in [0.05, 0.1) is 11.7 Å². The van der Waals surface area contributed by atoms with Gasteiger partial charge in [0.15, 0.2) is 5.13 Å². The first kappa shape index (κ1) is 13.7. The van der Waals surface area contributed by atoms with Gasteiger partial charge >= 0.3 is 0 Å². The molecule has 1 aromatic heterocycles. The molecule has 0 spiro atoms. The van der Waals surface area contributed by atoms with Gasteiger partial charge in [-0.05, 0) is 31.0 Å². The fourth-order valence-electron chi connectivity index (χ4n) is 1.65. The van der Waals surface area contributed by atoms with Gasteiger partial charge in [-0.2, -0.15) is 0 Å². The summed E-state index contributed by atoms with van der Waals surface area (Å²) in [5.74, 6) is 0. The summed E-state index contributed by atoms with van der Waals surface area (Å²) >= 11 is 13.7. The molecule has 1 aromatic carbocycles. The summed E-state index contributed by atoms with van der Waals surface area (Å²) in [4.78, 5) is 4.48. The molecule has 96 valence electrons. The van der Waals surface area contributed by atoms with Crippen LogP contribution in [0.5, 0.6) is 0 Å². The average molecular weight is 301 g/mol. The second-order valence-electron chi connectivity index (χ2n) is 4.03. The summed E-state index contributed by atoms with van der Waals surface area (Å²) in [6, 6.07) is 5.65. The van der Waals surface area contributed by atoms with E-state index in [9.17, 15) is 0 Å². The molecule has 2 rings (SSSR count). The topological polar surface area (TPSA) is 24.9 Å². The minimum absolute atomic E-state index is 0.102. The number of rotatable bonds is 4. The van der Waals surface area contributed by atoms with Crippen LogP contribution >= 0.6 is 34.5 Å². The molecule has 1 unspecified atom stereocenters. The lowest BCUT2D eigenvalue weighted by molar-refractivity contribution is 0.878. The van der Waals surface area contributed by atoms with Gasteiger partial charge in [-0.25, -0.2) is 4.98 Å². The van der Waals surface area contributed by atoms with Crippen molar-refractivity contribution in [1.82, 2.24) is 4.98 Å². The standard InChI is InChI=1S/C13H14Cl2N2S/c1-3-10-7-18-13(17-10)16-8(2)11-5-4-9(14)6-12(11)15/h4-8H,3H2,1-2H3,(H,16,17). The van der Waals surface area contributed by atoms with Gasteiger partial charge in [-0.3, -0.25) is 0 Å². The average Bonchev–Trinajstić information content (AvgIpc) is 2.76. The van der Waals surface area contributed by atoms with Crippen molar-refractivity contribution in [2.24, 2.45) is 0 Å². The highest BCUT2D eigenvalue weighted by Crippen LogP contribution is 2.29. The number of aromatic nitrogens is 1. The minimum atomic E-state index is 0.102. The van der Waals surface area contributed by atoms with Gasteiger partial charge in [0, 0.05) is 15.4 Å². The molecule has 0 aliphatic heterocycles. The van der Waals surface area contributed by atoms with E-state index in [4.69, 9.17) is 23.2 Å². The molecule has 0 saturated heterocycles. The Morgan fingerprint density at radius 1 is 1.39 bits per heavy atom. The molecule has 18 heavy (non-hydrogen) atoms. The Labute approximate surface area is 121 Å². The van der Waals surface area contributed by atoms with Crippen LogP contribution in [0.4, 0.5) is 5.13 Å². The number of aryl methyl sites for hydroxylation is 1. The van der Waals surface area contributed by atoms with Gasteiger partial charge in [-0.1, -0.05) is 36.2 Å². The van der Waals surface area contributed by atoms with Crippen LogP contribution in [0, 0.1) is 0 Å². The molecule has 1 N–H and O–H groups in total. The van der Waals surface area contributed by atoms with Crippen molar-refractivity contribution in [3.63, 3.8) is 0 Å². The number of benzene rings is 1. The van der Waals surface area contributed by atoms with Crippen LogP contribution in [-0.2, 0) is 6.42 Å². The lowest BCUT2D eigenvalue weighted by atomic mass is 10.1. The number of nitrogens with zero attached hydrogens (tertiary/aromatic N) is 1. The van der Waals surface area contributed by atoms with Crippen molar-refractivity contribution in [1.29, 1.82) is 0 Å². The third kappa shape index (κ3) is 3.16. The minimum Gasteiger partial charge on any atom is -0.355 e. The Hall–Kier alpha value is -0.770. The monoisotopic (exact) mass is 300 g/mol. The third-order valence-corrected chi connectivity index (χ3v) is 4.07. The van der Waals surface area contributed by atoms with Crippen molar-refractivity contribution >= 4 is 39.7 Å². The van der Waals surface area contributed by atoms with E-state index in [-0.39, 0.29) is 6.04 Å². The van der Waals surface area contributed by atoms with Crippen LogP contribution in [0.1, 0.15) is 31.1 Å². The largest absolute Gasteiger partial charge is 0.355 e. The van der Waals surface area contributed by atoms with Gasteiger partial charge in [0.1, 0.15) is 0 Å². The fourth-order valence-corrected chi connectivity index (χ4v) is 3.11. The van der Waals surface area contributed by atoms with E-state index in [2.05, 4.69) is 29.5 Å². The maximum absolute atomic E-state index is 6.18. The normalized spacial score (nSPS) is 12.4. The van der Waals surface area contributed by atoms with E-state index < -0.39 is 0 Å². The second kappa shape index (κ2) is 5.91. The van der Waals surface area contributed by atoms with E-state index in [0.717, 1.165) is 22.8 Å². The molecule has 2 nitrogen and oxygen atoms in total. The highest BCUT2D eigenvalue weighted by atomic mass is 35.5. The molecule has 2 aromatic rings. The maximum Gasteiger partial charge on any atom is 0.183 e. The van der Waals surface area contributed by atoms with E-state index in [0.29, 0.717) is 10.0 Å². The molecule has 0 amide bonds. The summed E-state index contributed by atoms with van der Waals surface area (Å²) < 4.78 is 0. The van der Waals surface area contributed by atoms with E-state index >= 15 is 0 Å². The first-order chi connectivity index (χ1) is 8.60. The van der Waals surface area contributed by atoms with Crippen molar-refractivity contribution in [3.8, 4) is 0 Å². The second-order valence-corrected chi connectivity index (χ2v) is 5.73. The van der Waals surface area contributed by atoms with Gasteiger partial charge in [-0.15, -0.1) is 11.3 Å². The first-order valence-electron chi connectivity index (χ1n) is 5.76. The van der Waals surface area contributed by atoms with Crippen LogP contribution in [0.25, 0.3) is 0 Å². The predicted octanol–water partition coefficient (Wildman–Crippen LogP) is 5.19. The predicted molar refractivity (Wildman–Crippen MR) is 80.0 cm³/mol. The Morgan fingerprint density at radius 3 is 2.78 bits per heavy atom. The van der Waals surface area contributed by atoms with Gasteiger partial charge in [0.25, 0.3) is 0 Å². The molecular formula is C13H14Cl2N2S. The number of nitrogens with one attached hydrogen (secondary N) is 1. The molecule has 0 fully saturated rings. The Morgan fingerprint density at radius 2 is 2.17 bits per heavy atom. The van der Waals surface area contributed by atoms with Gasteiger partial charge in [0.2, 0.25) is 0 Å². The quantitative estimate of drug-likeness (QED) is 0.841. The van der Waals surface area contributed by atoms with E-state index in [1.165, 1.54) is 0 Å². The number of anilines is 1. The molecule has 1 heterocycles. The molecule has 0 saturated carbocycles. The Bertz CT molecular complexity index is 540. The summed E-state index contributed by atoms with van der Waals surface area (Å²) in [5.41, 5.74) is 2.13. The van der Waals surface area contributed by atoms with Crippen LogP contribution in [0.2, 0.25) is 10.0 Å². The molecule has 0 aliphatic rings. The number of thiazole rings is 1. The summed E-state index contributed by atoms with van der Waals surface area (Å²) in [5, 5.41) is 7.67. The molecule has 5 heteroatoms. The summed E-state index contributed by atoms with van der Waals surface area (Å²) in [6.45, 7) is 4.15. The summed E-state index contributed by atoms with van der Waals surface area (Å²) in [7, 11) is 0. The summed E-state index contributed by atoms with van der Waals surface area (Å²) in [6.07, 6.45) is 0.953. The lowest BCUT2D eigenvalue weighted by Gasteiger charge is -2.15. The lowest BCUT2D eigenvalue weighted by Crippen LogP contribution is -2.07. The van der Waals surface area contributed by atoms with Crippen molar-refractivity contribution in [2.45, 2.75) is 26.3 Å². The highest BCUT2D eigenvalue weighted by molar-refractivity contribution is 7.13. The molecule has 1 atom stereocenters. The van der Waals surface area contributed by atoms with Crippen molar-refractivity contribution in [3.05, 3.63) is 44.9 Å². The first-order valence-corrected chi connectivity index (χ1v) is 7.39. The zero-order valence-corrected chi connectivity index (χ0v) is 12.5. The highest BCUT2D eigenvalue weighted by Gasteiger charge is 2.11. The van der Waals surface area contributed by atoms with Crippen LogP contribution < -0.4 is 5.32 Å². The molecule has 0 aliphatic carbocycles. The molecule has 0 radical (unpaired) electrons. The smallest absolute Gasteiger partial charge is 0.183 e. The number of hydrogen-bond acceptors (Lipinski definition) is 3. The zero-order chi connectivity index (χ0) is 13.1. The Kier molecular flexibility index (Phi) is 4.49. The zero-order valence-electron chi connectivity index (χ0n) is 10.2. The number of halogens is 2. The van der Waals surface area contributed by atoms with Crippen LogP contribution in [0.15, 0.2) is 23.6 Å². The van der Waals surface area contributed by atoms with Gasteiger partial charge < -0.3 is 5.32 Å². The van der Waals surface area contributed by atoms with Crippen LogP contribution in [0.3, 0.4) is 0 Å². The maximum atomic E-state index is 6.18. The van der Waals surface area contributed by atoms with Crippen LogP contribution in [-0.4, -0.2) is 4.98 Å². The third-order valence-electron chi connectivity index (χ3n) is 2.68. The molecule has 0 bridgehead atoms. The van der Waals surface area contributed by atoms with Crippen molar-refractivity contribution < 1.29 is 0 Å². The SMILES string of the molecule is CCc1csc(NC(C)c2ccc(Cl)cc2Cl)n1. The van der Waals surface area contributed by atoms with E-state index in [1.807, 2.05) is 12.1 Å².